The Hall–Kier alpha value is -2.11. The molecular formula is C19H20N2. The Balaban J connectivity index is 1.84. The van der Waals surface area contributed by atoms with Crippen molar-refractivity contribution < 1.29 is 0 Å². The number of hydrogen-bond acceptors (Lipinski definition) is 2. The minimum Gasteiger partial charge on any atom is -0.284 e. The van der Waals surface area contributed by atoms with Crippen LogP contribution >= 0.6 is 0 Å². The summed E-state index contributed by atoms with van der Waals surface area (Å²) in [4.78, 5) is 2.22. The summed E-state index contributed by atoms with van der Waals surface area (Å²) in [5.41, 5.74) is 3.60. The lowest BCUT2D eigenvalue weighted by atomic mass is 9.77. The van der Waals surface area contributed by atoms with Gasteiger partial charge in [0, 0.05) is 13.0 Å². The lowest BCUT2D eigenvalue weighted by Gasteiger charge is -2.40. The molecule has 0 aliphatic heterocycles. The van der Waals surface area contributed by atoms with E-state index >= 15 is 0 Å². The summed E-state index contributed by atoms with van der Waals surface area (Å²) in [6.45, 7) is 0.816. The van der Waals surface area contributed by atoms with E-state index < -0.39 is 0 Å². The summed E-state index contributed by atoms with van der Waals surface area (Å²) < 4.78 is 0. The van der Waals surface area contributed by atoms with Crippen molar-refractivity contribution in [1.29, 1.82) is 5.26 Å². The van der Waals surface area contributed by atoms with Crippen molar-refractivity contribution in [2.24, 2.45) is 0 Å². The SMILES string of the molecule is CN(Cc1ccccc1)[C@@]1(C#N)CCc2ccccc2C1. The fourth-order valence-corrected chi connectivity index (χ4v) is 3.23. The van der Waals surface area contributed by atoms with Gasteiger partial charge in [-0.3, -0.25) is 4.90 Å². The van der Waals surface area contributed by atoms with Crippen molar-refractivity contribution in [3.63, 3.8) is 0 Å². The van der Waals surface area contributed by atoms with Crippen molar-refractivity contribution in [2.45, 2.75) is 31.3 Å². The topological polar surface area (TPSA) is 27.0 Å². The molecule has 0 bridgehead atoms. The van der Waals surface area contributed by atoms with Gasteiger partial charge < -0.3 is 0 Å². The number of benzene rings is 2. The van der Waals surface area contributed by atoms with Crippen LogP contribution < -0.4 is 0 Å². The summed E-state index contributed by atoms with van der Waals surface area (Å²) >= 11 is 0. The molecule has 21 heavy (non-hydrogen) atoms. The van der Waals surface area contributed by atoms with Crippen LogP contribution in [0.15, 0.2) is 54.6 Å². The first kappa shape index (κ1) is 13.9. The van der Waals surface area contributed by atoms with E-state index in [1.165, 1.54) is 16.7 Å². The molecule has 3 rings (SSSR count). The van der Waals surface area contributed by atoms with E-state index in [1.807, 2.05) is 6.07 Å². The molecule has 0 spiro atoms. The zero-order valence-electron chi connectivity index (χ0n) is 12.4. The minimum atomic E-state index is -0.385. The highest BCUT2D eigenvalue weighted by Crippen LogP contribution is 2.33. The molecule has 0 unspecified atom stereocenters. The second-order valence-electron chi connectivity index (χ2n) is 5.93. The van der Waals surface area contributed by atoms with Crippen LogP contribution in [0.5, 0.6) is 0 Å². The first-order valence-corrected chi connectivity index (χ1v) is 7.47. The summed E-state index contributed by atoms with van der Waals surface area (Å²) in [5.74, 6) is 0. The number of likely N-dealkylation sites (N-methyl/N-ethyl adjacent to an activating group) is 1. The van der Waals surface area contributed by atoms with Crippen LogP contribution in [0.1, 0.15) is 23.1 Å². The molecule has 0 heterocycles. The van der Waals surface area contributed by atoms with Gasteiger partial charge in [-0.05, 0) is 36.6 Å². The van der Waals surface area contributed by atoms with Crippen LogP contribution in [0.2, 0.25) is 0 Å². The number of nitriles is 1. The van der Waals surface area contributed by atoms with E-state index in [0.717, 1.165) is 25.8 Å². The second kappa shape index (κ2) is 5.71. The summed E-state index contributed by atoms with van der Waals surface area (Å²) in [6.07, 6.45) is 2.72. The van der Waals surface area contributed by atoms with E-state index in [-0.39, 0.29) is 5.54 Å². The summed E-state index contributed by atoms with van der Waals surface area (Å²) in [6, 6.07) is 21.5. The normalized spacial score (nSPS) is 20.8. The van der Waals surface area contributed by atoms with Crippen molar-refractivity contribution in [1.82, 2.24) is 4.90 Å². The van der Waals surface area contributed by atoms with Gasteiger partial charge in [-0.1, -0.05) is 54.6 Å². The molecular weight excluding hydrogens is 256 g/mol. The van der Waals surface area contributed by atoms with Crippen LogP contribution in [0, 0.1) is 11.3 Å². The minimum absolute atomic E-state index is 0.385. The van der Waals surface area contributed by atoms with E-state index in [0.29, 0.717) is 0 Å². The highest BCUT2D eigenvalue weighted by molar-refractivity contribution is 5.35. The van der Waals surface area contributed by atoms with Gasteiger partial charge in [0.25, 0.3) is 0 Å². The molecule has 1 aliphatic carbocycles. The number of aryl methyl sites for hydroxylation is 1. The average Bonchev–Trinajstić information content (AvgIpc) is 2.55. The van der Waals surface area contributed by atoms with E-state index in [2.05, 4.69) is 66.5 Å². The first-order chi connectivity index (χ1) is 10.2. The number of hydrogen-bond donors (Lipinski definition) is 0. The molecule has 0 radical (unpaired) electrons. The Morgan fingerprint density at radius 2 is 1.71 bits per heavy atom. The molecule has 2 heteroatoms. The summed E-state index contributed by atoms with van der Waals surface area (Å²) in [7, 11) is 2.07. The Kier molecular flexibility index (Phi) is 3.77. The first-order valence-electron chi connectivity index (χ1n) is 7.47. The van der Waals surface area contributed by atoms with Crippen LogP contribution in [0.25, 0.3) is 0 Å². The van der Waals surface area contributed by atoms with Gasteiger partial charge in [0.15, 0.2) is 0 Å². The number of fused-ring (bicyclic) bond motifs is 1. The van der Waals surface area contributed by atoms with Gasteiger partial charge in [-0.15, -0.1) is 0 Å². The Bertz CT molecular complexity index is 657. The highest BCUT2D eigenvalue weighted by Gasteiger charge is 2.38. The molecule has 0 saturated carbocycles. The number of rotatable bonds is 3. The molecule has 0 N–H and O–H groups in total. The maximum atomic E-state index is 9.82. The molecule has 1 aliphatic rings. The third kappa shape index (κ3) is 2.70. The van der Waals surface area contributed by atoms with Crippen LogP contribution in [-0.4, -0.2) is 17.5 Å². The van der Waals surface area contributed by atoms with E-state index in [9.17, 15) is 5.26 Å². The van der Waals surface area contributed by atoms with Gasteiger partial charge in [0.2, 0.25) is 0 Å². The molecule has 1 atom stereocenters. The zero-order chi connectivity index (χ0) is 14.7. The Morgan fingerprint density at radius 1 is 1.05 bits per heavy atom. The molecule has 2 aromatic rings. The van der Waals surface area contributed by atoms with Gasteiger partial charge in [-0.25, -0.2) is 0 Å². The largest absolute Gasteiger partial charge is 0.284 e. The monoisotopic (exact) mass is 276 g/mol. The van der Waals surface area contributed by atoms with E-state index in [1.54, 1.807) is 0 Å². The lowest BCUT2D eigenvalue weighted by molar-refractivity contribution is 0.148. The molecule has 0 amide bonds. The molecule has 0 saturated heterocycles. The highest BCUT2D eigenvalue weighted by atomic mass is 15.2. The predicted molar refractivity (Wildman–Crippen MR) is 84.7 cm³/mol. The van der Waals surface area contributed by atoms with Crippen molar-refractivity contribution >= 4 is 0 Å². The zero-order valence-corrected chi connectivity index (χ0v) is 12.4. The fourth-order valence-electron chi connectivity index (χ4n) is 3.23. The van der Waals surface area contributed by atoms with Gasteiger partial charge in [0.1, 0.15) is 5.54 Å². The molecule has 2 aromatic carbocycles. The van der Waals surface area contributed by atoms with Crippen molar-refractivity contribution in [3.05, 3.63) is 71.3 Å². The van der Waals surface area contributed by atoms with Crippen LogP contribution in [0.4, 0.5) is 0 Å². The smallest absolute Gasteiger partial charge is 0.113 e. The quantitative estimate of drug-likeness (QED) is 0.857. The van der Waals surface area contributed by atoms with E-state index in [4.69, 9.17) is 0 Å². The summed E-state index contributed by atoms with van der Waals surface area (Å²) in [5, 5.41) is 9.82. The molecule has 2 nitrogen and oxygen atoms in total. The van der Waals surface area contributed by atoms with Crippen molar-refractivity contribution in [2.75, 3.05) is 7.05 Å². The number of nitrogens with zero attached hydrogens (tertiary/aromatic N) is 2. The lowest BCUT2D eigenvalue weighted by Crippen LogP contribution is -2.49. The standard InChI is InChI=1S/C19H20N2/c1-21(14-16-7-3-2-4-8-16)19(15-20)12-11-17-9-5-6-10-18(17)13-19/h2-10H,11-14H2,1H3/t19-/m0/s1. The average molecular weight is 276 g/mol. The fraction of sp³-hybridized carbons (Fsp3) is 0.316. The maximum Gasteiger partial charge on any atom is 0.113 e. The van der Waals surface area contributed by atoms with Gasteiger partial charge >= 0.3 is 0 Å². The molecule has 0 aromatic heterocycles. The molecule has 0 fully saturated rings. The molecule has 106 valence electrons. The van der Waals surface area contributed by atoms with Crippen molar-refractivity contribution in [3.8, 4) is 6.07 Å². The maximum absolute atomic E-state index is 9.82. The third-order valence-corrected chi connectivity index (χ3v) is 4.61. The van der Waals surface area contributed by atoms with Crippen LogP contribution in [-0.2, 0) is 19.4 Å². The predicted octanol–water partition coefficient (Wildman–Crippen LogP) is 3.57. The van der Waals surface area contributed by atoms with Gasteiger partial charge in [-0.2, -0.15) is 5.26 Å². The van der Waals surface area contributed by atoms with Crippen LogP contribution in [0.3, 0.4) is 0 Å². The Morgan fingerprint density at radius 3 is 2.43 bits per heavy atom. The Labute approximate surface area is 126 Å². The van der Waals surface area contributed by atoms with Gasteiger partial charge in [0.05, 0.1) is 6.07 Å². The second-order valence-corrected chi connectivity index (χ2v) is 5.93. The third-order valence-electron chi connectivity index (χ3n) is 4.61.